The van der Waals surface area contributed by atoms with E-state index in [0.29, 0.717) is 9.75 Å². The highest BCUT2D eigenvalue weighted by Gasteiger charge is 2.32. The van der Waals surface area contributed by atoms with E-state index in [-0.39, 0.29) is 11.8 Å². The number of nitrogens with zero attached hydrogens (tertiary/aromatic N) is 1. The van der Waals surface area contributed by atoms with Crippen LogP contribution in [0, 0.1) is 5.41 Å². The molecule has 0 aliphatic carbocycles. The molecule has 1 aliphatic rings. The van der Waals surface area contributed by atoms with Gasteiger partial charge in [-0.25, -0.2) is 0 Å². The largest absolute Gasteiger partial charge is 0.293 e. The smallest absolute Gasteiger partial charge is 0.189 e. The number of ketones is 1. The number of rotatable bonds is 4. The van der Waals surface area contributed by atoms with Crippen molar-refractivity contribution in [2.24, 2.45) is 5.41 Å². The summed E-state index contributed by atoms with van der Waals surface area (Å²) in [5, 5.41) is 0. The molecule has 2 rings (SSSR count). The van der Waals surface area contributed by atoms with Gasteiger partial charge in [-0.3, -0.25) is 9.69 Å². The van der Waals surface area contributed by atoms with Gasteiger partial charge in [0.05, 0.1) is 15.3 Å². The molecule has 4 heteroatoms. The van der Waals surface area contributed by atoms with Gasteiger partial charge in [0, 0.05) is 0 Å². The van der Waals surface area contributed by atoms with Crippen molar-refractivity contribution in [2.75, 3.05) is 13.1 Å². The van der Waals surface area contributed by atoms with E-state index in [1.165, 1.54) is 30.6 Å². The highest BCUT2D eigenvalue weighted by molar-refractivity contribution is 7.18. The molecule has 2 nitrogen and oxygen atoms in total. The van der Waals surface area contributed by atoms with Crippen LogP contribution in [0.15, 0.2) is 12.1 Å². The molecule has 106 valence electrons. The molecule has 0 N–H and O–H groups in total. The zero-order valence-corrected chi connectivity index (χ0v) is 13.5. The van der Waals surface area contributed by atoms with Gasteiger partial charge >= 0.3 is 0 Å². The molecule has 1 saturated heterocycles. The molecular formula is C15H22ClNOS. The SMILES string of the molecule is CCC1(C)CCN(C(C)C(=O)c2ccc(Cl)s2)CC1. The van der Waals surface area contributed by atoms with E-state index in [0.717, 1.165) is 18.0 Å². The topological polar surface area (TPSA) is 20.3 Å². The summed E-state index contributed by atoms with van der Waals surface area (Å²) in [6, 6.07) is 3.61. The average molecular weight is 300 g/mol. The van der Waals surface area contributed by atoms with Gasteiger partial charge < -0.3 is 0 Å². The molecule has 1 atom stereocenters. The van der Waals surface area contributed by atoms with Crippen molar-refractivity contribution in [3.05, 3.63) is 21.3 Å². The van der Waals surface area contributed by atoms with Gasteiger partial charge in [0.15, 0.2) is 5.78 Å². The monoisotopic (exact) mass is 299 g/mol. The van der Waals surface area contributed by atoms with E-state index in [2.05, 4.69) is 18.7 Å². The van der Waals surface area contributed by atoms with Gasteiger partial charge in [0.25, 0.3) is 0 Å². The second-order valence-electron chi connectivity index (χ2n) is 5.84. The Balaban J connectivity index is 1.98. The minimum Gasteiger partial charge on any atom is -0.293 e. The summed E-state index contributed by atoms with van der Waals surface area (Å²) in [7, 11) is 0. The van der Waals surface area contributed by atoms with Gasteiger partial charge in [-0.15, -0.1) is 11.3 Å². The summed E-state index contributed by atoms with van der Waals surface area (Å²) >= 11 is 7.29. The van der Waals surface area contributed by atoms with Crippen LogP contribution >= 0.6 is 22.9 Å². The lowest BCUT2D eigenvalue weighted by Crippen LogP contribution is -2.46. The fourth-order valence-corrected chi connectivity index (χ4v) is 3.69. The molecule has 1 aromatic rings. The van der Waals surface area contributed by atoms with Crippen LogP contribution in [0.1, 0.15) is 49.7 Å². The van der Waals surface area contributed by atoms with Crippen LogP contribution in [0.3, 0.4) is 0 Å². The van der Waals surface area contributed by atoms with Crippen LogP contribution in [0.5, 0.6) is 0 Å². The third kappa shape index (κ3) is 3.39. The molecule has 1 fully saturated rings. The summed E-state index contributed by atoms with van der Waals surface area (Å²) in [6.45, 7) is 8.69. The average Bonchev–Trinajstić information content (AvgIpc) is 2.85. The van der Waals surface area contributed by atoms with Crippen molar-refractivity contribution in [3.63, 3.8) is 0 Å². The van der Waals surface area contributed by atoms with E-state index in [1.807, 2.05) is 13.0 Å². The molecule has 0 spiro atoms. The normalized spacial score (nSPS) is 21.3. The Hall–Kier alpha value is -0.380. The number of halogens is 1. The summed E-state index contributed by atoms with van der Waals surface area (Å²) in [5.41, 5.74) is 0.464. The van der Waals surface area contributed by atoms with Crippen molar-refractivity contribution in [1.82, 2.24) is 4.90 Å². The van der Waals surface area contributed by atoms with E-state index < -0.39 is 0 Å². The van der Waals surface area contributed by atoms with Gasteiger partial charge in [-0.1, -0.05) is 31.9 Å². The first-order chi connectivity index (χ1) is 8.95. The fourth-order valence-electron chi connectivity index (χ4n) is 2.62. The van der Waals surface area contributed by atoms with Crippen LogP contribution in [-0.2, 0) is 0 Å². The number of piperidine rings is 1. The lowest BCUT2D eigenvalue weighted by atomic mass is 9.78. The number of thiophene rings is 1. The van der Waals surface area contributed by atoms with Crippen LogP contribution in [0.25, 0.3) is 0 Å². The Kier molecular flexibility index (Phi) is 4.70. The molecular weight excluding hydrogens is 278 g/mol. The number of carbonyl (C=O) groups excluding carboxylic acids is 1. The second-order valence-corrected chi connectivity index (χ2v) is 7.56. The van der Waals surface area contributed by atoms with Crippen LogP contribution in [0.4, 0.5) is 0 Å². The van der Waals surface area contributed by atoms with E-state index in [4.69, 9.17) is 11.6 Å². The molecule has 0 aromatic carbocycles. The molecule has 1 aliphatic heterocycles. The Morgan fingerprint density at radius 3 is 2.58 bits per heavy atom. The predicted octanol–water partition coefficient (Wildman–Crippen LogP) is 4.48. The molecule has 2 heterocycles. The fraction of sp³-hybridized carbons (Fsp3) is 0.667. The molecule has 1 unspecified atom stereocenters. The summed E-state index contributed by atoms with van der Waals surface area (Å²) in [6.07, 6.45) is 3.60. The maximum absolute atomic E-state index is 12.4. The number of Topliss-reactive ketones (excluding diaryl/α,β-unsaturated/α-hetero) is 1. The van der Waals surface area contributed by atoms with Crippen molar-refractivity contribution >= 4 is 28.7 Å². The number of hydrogen-bond acceptors (Lipinski definition) is 3. The maximum atomic E-state index is 12.4. The third-order valence-electron chi connectivity index (χ3n) is 4.60. The Morgan fingerprint density at radius 2 is 2.11 bits per heavy atom. The van der Waals surface area contributed by atoms with Gasteiger partial charge in [0.2, 0.25) is 0 Å². The lowest BCUT2D eigenvalue weighted by molar-refractivity contribution is 0.0645. The van der Waals surface area contributed by atoms with Crippen molar-refractivity contribution in [2.45, 2.75) is 46.1 Å². The molecule has 1 aromatic heterocycles. The first kappa shape index (κ1) is 15.0. The standard InChI is InChI=1S/C15H22ClNOS/c1-4-15(3)7-9-17(10-8-15)11(2)14(18)12-5-6-13(16)19-12/h5-6,11H,4,7-10H2,1-3H3. The molecule has 0 radical (unpaired) electrons. The zero-order chi connectivity index (χ0) is 14.0. The molecule has 0 bridgehead atoms. The summed E-state index contributed by atoms with van der Waals surface area (Å²) in [5.74, 6) is 0.206. The first-order valence-corrected chi connectivity index (χ1v) is 8.18. The van der Waals surface area contributed by atoms with Crippen LogP contribution in [-0.4, -0.2) is 29.8 Å². The Morgan fingerprint density at radius 1 is 1.47 bits per heavy atom. The quantitative estimate of drug-likeness (QED) is 0.764. The molecule has 0 saturated carbocycles. The Bertz CT molecular complexity index is 449. The minimum absolute atomic E-state index is 0.0314. The van der Waals surface area contributed by atoms with Gasteiger partial charge in [-0.05, 0) is 50.4 Å². The maximum Gasteiger partial charge on any atom is 0.189 e. The summed E-state index contributed by atoms with van der Waals surface area (Å²) in [4.78, 5) is 15.5. The van der Waals surface area contributed by atoms with Gasteiger partial charge in [-0.2, -0.15) is 0 Å². The minimum atomic E-state index is -0.0314. The van der Waals surface area contributed by atoms with Crippen molar-refractivity contribution in [1.29, 1.82) is 0 Å². The lowest BCUT2D eigenvalue weighted by Gasteiger charge is -2.41. The van der Waals surface area contributed by atoms with Crippen LogP contribution in [0.2, 0.25) is 4.34 Å². The third-order valence-corrected chi connectivity index (χ3v) is 5.85. The molecule has 19 heavy (non-hydrogen) atoms. The van der Waals surface area contributed by atoms with Crippen molar-refractivity contribution < 1.29 is 4.79 Å². The van der Waals surface area contributed by atoms with Crippen molar-refractivity contribution in [3.8, 4) is 0 Å². The molecule has 0 amide bonds. The van der Waals surface area contributed by atoms with E-state index >= 15 is 0 Å². The van der Waals surface area contributed by atoms with E-state index in [1.54, 1.807) is 6.07 Å². The number of hydrogen-bond donors (Lipinski definition) is 0. The number of likely N-dealkylation sites (tertiary alicyclic amines) is 1. The first-order valence-electron chi connectivity index (χ1n) is 6.99. The summed E-state index contributed by atoms with van der Waals surface area (Å²) < 4.78 is 0.688. The highest BCUT2D eigenvalue weighted by Crippen LogP contribution is 2.35. The van der Waals surface area contributed by atoms with Crippen LogP contribution < -0.4 is 0 Å². The van der Waals surface area contributed by atoms with E-state index in [9.17, 15) is 4.79 Å². The highest BCUT2D eigenvalue weighted by atomic mass is 35.5. The Labute approximate surface area is 124 Å². The van der Waals surface area contributed by atoms with Gasteiger partial charge in [0.1, 0.15) is 0 Å². The second kappa shape index (κ2) is 5.94. The number of carbonyl (C=O) groups is 1. The zero-order valence-electron chi connectivity index (χ0n) is 11.9. The predicted molar refractivity (Wildman–Crippen MR) is 82.3 cm³/mol.